The van der Waals surface area contributed by atoms with Crippen LogP contribution in [0.5, 0.6) is 11.5 Å². The number of methoxy groups -OCH3 is 2. The maximum atomic E-state index is 13.0. The smallest absolute Gasteiger partial charge is 0.342 e. The molecule has 204 valence electrons. The third kappa shape index (κ3) is 6.19. The number of carbonyl (C=O) groups excluding carboxylic acids is 1. The van der Waals surface area contributed by atoms with Gasteiger partial charge in [0, 0.05) is 23.8 Å². The first-order valence-corrected chi connectivity index (χ1v) is 12.8. The molecule has 1 aromatic heterocycles. The van der Waals surface area contributed by atoms with E-state index in [0.717, 1.165) is 5.56 Å². The molecule has 0 unspecified atom stereocenters. The number of hydrogen-bond acceptors (Lipinski definition) is 12. The van der Waals surface area contributed by atoms with Gasteiger partial charge in [0.2, 0.25) is 0 Å². The zero-order valence-electron chi connectivity index (χ0n) is 20.1. The van der Waals surface area contributed by atoms with Crippen molar-refractivity contribution >= 4 is 40.5 Å². The highest BCUT2D eigenvalue weighted by molar-refractivity contribution is 7.14. The minimum Gasteiger partial charge on any atom is -0.496 e. The molecule has 2 heterocycles. The molecule has 14 heteroatoms. The predicted octanol–water partition coefficient (Wildman–Crippen LogP) is 2.71. The van der Waals surface area contributed by atoms with Crippen molar-refractivity contribution in [3.63, 3.8) is 0 Å². The summed E-state index contributed by atoms with van der Waals surface area (Å²) in [5.41, 5.74) is 0.802. The second kappa shape index (κ2) is 12.5. The minimum absolute atomic E-state index is 0.0585. The molecule has 1 aliphatic heterocycles. The summed E-state index contributed by atoms with van der Waals surface area (Å²) in [5, 5.41) is 40.2. The van der Waals surface area contributed by atoms with Crippen molar-refractivity contribution in [2.24, 2.45) is 0 Å². The highest BCUT2D eigenvalue weighted by Gasteiger charge is 2.47. The first-order chi connectivity index (χ1) is 18.2. The second-order valence-electron chi connectivity index (χ2n) is 8.09. The normalized spacial score (nSPS) is 23.2. The van der Waals surface area contributed by atoms with Gasteiger partial charge in [-0.25, -0.2) is 4.79 Å². The van der Waals surface area contributed by atoms with E-state index in [-0.39, 0.29) is 28.7 Å². The van der Waals surface area contributed by atoms with Gasteiger partial charge < -0.3 is 39.0 Å². The molecule has 1 saturated heterocycles. The first-order valence-electron chi connectivity index (χ1n) is 11.2. The summed E-state index contributed by atoms with van der Waals surface area (Å²) in [7, 11) is 2.61. The van der Waals surface area contributed by atoms with Crippen molar-refractivity contribution in [3.8, 4) is 22.1 Å². The van der Waals surface area contributed by atoms with Crippen molar-refractivity contribution in [2.45, 2.75) is 37.3 Å². The Morgan fingerprint density at radius 2 is 1.82 bits per heavy atom. The van der Waals surface area contributed by atoms with E-state index in [1.54, 1.807) is 12.1 Å². The monoisotopic (exact) mass is 586 g/mol. The van der Waals surface area contributed by atoms with Crippen molar-refractivity contribution < 1.29 is 43.8 Å². The molecular formula is C24H24Cl2N2O9S. The Balaban J connectivity index is 1.46. The number of aliphatic hydroxyl groups is 3. The molecule has 0 amide bonds. The van der Waals surface area contributed by atoms with Crippen LogP contribution in [0, 0.1) is 0 Å². The Hall–Kier alpha value is -2.55. The fraction of sp³-hybridized carbons (Fsp3) is 0.375. The average molecular weight is 587 g/mol. The fourth-order valence-electron chi connectivity index (χ4n) is 3.69. The fourth-order valence-corrected chi connectivity index (χ4v) is 4.80. The first kappa shape index (κ1) is 28.5. The number of benzene rings is 2. The quantitative estimate of drug-likeness (QED) is 0.317. The van der Waals surface area contributed by atoms with Crippen LogP contribution in [-0.2, 0) is 20.8 Å². The summed E-state index contributed by atoms with van der Waals surface area (Å²) in [4.78, 5) is 13.0. The van der Waals surface area contributed by atoms with Crippen molar-refractivity contribution in [1.82, 2.24) is 10.2 Å². The van der Waals surface area contributed by atoms with Crippen molar-refractivity contribution in [1.29, 1.82) is 0 Å². The summed E-state index contributed by atoms with van der Waals surface area (Å²) < 4.78 is 27.0. The predicted molar refractivity (Wildman–Crippen MR) is 137 cm³/mol. The molecule has 0 aliphatic carbocycles. The van der Waals surface area contributed by atoms with Gasteiger partial charge in [-0.1, -0.05) is 46.7 Å². The van der Waals surface area contributed by atoms with E-state index >= 15 is 0 Å². The molecule has 1 fully saturated rings. The lowest BCUT2D eigenvalue weighted by atomic mass is 9.99. The molecule has 0 bridgehead atoms. The molecule has 3 N–H and O–H groups in total. The van der Waals surface area contributed by atoms with Crippen LogP contribution in [0.4, 0.5) is 0 Å². The zero-order chi connectivity index (χ0) is 27.4. The highest BCUT2D eigenvalue weighted by Crippen LogP contribution is 2.35. The highest BCUT2D eigenvalue weighted by atomic mass is 35.5. The lowest BCUT2D eigenvalue weighted by Crippen LogP contribution is -2.60. The van der Waals surface area contributed by atoms with Gasteiger partial charge in [-0.05, 0) is 18.2 Å². The molecule has 2 aromatic carbocycles. The van der Waals surface area contributed by atoms with Gasteiger partial charge in [0.1, 0.15) is 47.0 Å². The van der Waals surface area contributed by atoms with Crippen LogP contribution in [-0.4, -0.2) is 83.0 Å². The average Bonchev–Trinajstić information content (AvgIpc) is 3.40. The number of esters is 1. The molecular weight excluding hydrogens is 563 g/mol. The van der Waals surface area contributed by atoms with Gasteiger partial charge in [-0.15, -0.1) is 10.2 Å². The topological polar surface area (TPSA) is 150 Å². The van der Waals surface area contributed by atoms with E-state index in [0.29, 0.717) is 15.0 Å². The van der Waals surface area contributed by atoms with E-state index in [2.05, 4.69) is 10.2 Å². The molecule has 38 heavy (non-hydrogen) atoms. The van der Waals surface area contributed by atoms with Crippen LogP contribution in [0.2, 0.25) is 10.0 Å². The van der Waals surface area contributed by atoms with Crippen molar-refractivity contribution in [3.05, 3.63) is 57.0 Å². The van der Waals surface area contributed by atoms with Crippen LogP contribution < -0.4 is 9.47 Å². The van der Waals surface area contributed by atoms with Crippen molar-refractivity contribution in [2.75, 3.05) is 20.8 Å². The van der Waals surface area contributed by atoms with E-state index in [1.807, 2.05) is 12.1 Å². The number of aliphatic hydroxyl groups excluding tert-OH is 3. The van der Waals surface area contributed by atoms with Crippen LogP contribution in [0.3, 0.4) is 0 Å². The number of rotatable bonds is 9. The molecule has 5 atom stereocenters. The summed E-state index contributed by atoms with van der Waals surface area (Å²) in [6.45, 7) is -0.508. The van der Waals surface area contributed by atoms with Crippen LogP contribution in [0.25, 0.3) is 10.6 Å². The van der Waals surface area contributed by atoms with Gasteiger partial charge in [-0.2, -0.15) is 0 Å². The Morgan fingerprint density at radius 3 is 2.47 bits per heavy atom. The molecule has 0 spiro atoms. The molecule has 4 rings (SSSR count). The maximum absolute atomic E-state index is 13.0. The number of halogens is 2. The Bertz CT molecular complexity index is 1260. The Morgan fingerprint density at radius 1 is 1.08 bits per heavy atom. The SMILES string of the molecule is COc1cc(OCc2nnc(-c3ccc(Cl)cc3)s2)c(Cl)cc1C(=O)O[C@H]1[C@@H](OC)O[C@H](CO)[C@@H](O)[C@@H]1O. The molecule has 3 aromatic rings. The maximum Gasteiger partial charge on any atom is 0.342 e. The molecule has 0 radical (unpaired) electrons. The van der Waals surface area contributed by atoms with Gasteiger partial charge >= 0.3 is 5.97 Å². The standard InChI is InChI=1S/C24H24Cl2N2O9S/c1-33-15-8-16(35-10-18-27-28-22(38-18)11-3-5-12(25)6-4-11)14(26)7-13(15)23(32)37-21-20(31)19(30)17(9-29)36-24(21)34-2/h3-8,17,19-21,24,29-31H,9-10H2,1-2H3/t17-,19-,20+,21-,24+/m1/s1. The third-order valence-corrected chi connectivity index (χ3v) is 7.18. The number of ether oxygens (including phenoxy) is 5. The van der Waals surface area contributed by atoms with E-state index in [1.165, 1.54) is 37.7 Å². The van der Waals surface area contributed by atoms with Gasteiger partial charge in [0.05, 0.1) is 18.7 Å². The number of carbonyl (C=O) groups is 1. The molecule has 11 nitrogen and oxygen atoms in total. The Labute approximate surface area is 231 Å². The number of aromatic nitrogens is 2. The van der Waals surface area contributed by atoms with Gasteiger partial charge in [0.15, 0.2) is 17.4 Å². The summed E-state index contributed by atoms with van der Waals surface area (Å²) in [5.74, 6) is -0.612. The lowest BCUT2D eigenvalue weighted by molar-refractivity contribution is -0.293. The summed E-state index contributed by atoms with van der Waals surface area (Å²) >= 11 is 13.6. The lowest BCUT2D eigenvalue weighted by Gasteiger charge is -2.40. The number of nitrogens with zero attached hydrogens (tertiary/aromatic N) is 2. The molecule has 0 saturated carbocycles. The number of hydrogen-bond donors (Lipinski definition) is 3. The minimum atomic E-state index is -1.58. The van der Waals surface area contributed by atoms with Gasteiger partial charge in [-0.3, -0.25) is 0 Å². The van der Waals surface area contributed by atoms with E-state index in [4.69, 9.17) is 46.9 Å². The second-order valence-corrected chi connectivity index (χ2v) is 10.00. The van der Waals surface area contributed by atoms with E-state index in [9.17, 15) is 20.1 Å². The third-order valence-electron chi connectivity index (χ3n) is 5.68. The summed E-state index contributed by atoms with van der Waals surface area (Å²) in [6.07, 6.45) is -6.82. The zero-order valence-corrected chi connectivity index (χ0v) is 22.4. The Kier molecular flexibility index (Phi) is 9.39. The van der Waals surface area contributed by atoms with Crippen LogP contribution >= 0.6 is 34.5 Å². The largest absolute Gasteiger partial charge is 0.496 e. The van der Waals surface area contributed by atoms with Crippen LogP contribution in [0.15, 0.2) is 36.4 Å². The van der Waals surface area contributed by atoms with Crippen LogP contribution in [0.1, 0.15) is 15.4 Å². The van der Waals surface area contributed by atoms with Gasteiger partial charge in [0.25, 0.3) is 0 Å². The van der Waals surface area contributed by atoms with E-state index < -0.39 is 43.3 Å². The molecule has 1 aliphatic rings. The summed E-state index contributed by atoms with van der Waals surface area (Å²) in [6, 6.07) is 9.91.